The molecular weight excluding hydrogens is 225 g/mol. The number of hydrogen-bond donors (Lipinski definition) is 0. The van der Waals surface area contributed by atoms with Crippen molar-refractivity contribution in [1.29, 1.82) is 0 Å². The topological polar surface area (TPSA) is 17.1 Å². The number of carbonyl (C=O) groups is 1. The van der Waals surface area contributed by atoms with Crippen LogP contribution in [-0.2, 0) is 0 Å². The third-order valence-electron chi connectivity index (χ3n) is 2.06. The Kier molecular flexibility index (Phi) is 3.44. The van der Waals surface area contributed by atoms with E-state index in [1.54, 1.807) is 0 Å². The van der Waals surface area contributed by atoms with Crippen LogP contribution in [0.4, 0.5) is 13.2 Å². The van der Waals surface area contributed by atoms with Crippen LogP contribution in [0.2, 0.25) is 0 Å². The number of hydrogen-bond acceptors (Lipinski definition) is 2. The van der Waals surface area contributed by atoms with Crippen molar-refractivity contribution < 1.29 is 18.0 Å². The SMILES string of the molecule is CSc1c(C)c(F)c(C(C)=O)c(F)c1F. The van der Waals surface area contributed by atoms with E-state index in [0.29, 0.717) is 0 Å². The van der Waals surface area contributed by atoms with Crippen molar-refractivity contribution in [3.8, 4) is 0 Å². The molecule has 0 radical (unpaired) electrons. The summed E-state index contributed by atoms with van der Waals surface area (Å²) in [5.74, 6) is -4.37. The number of rotatable bonds is 2. The summed E-state index contributed by atoms with van der Waals surface area (Å²) in [7, 11) is 0. The highest BCUT2D eigenvalue weighted by Gasteiger charge is 2.24. The highest BCUT2D eigenvalue weighted by molar-refractivity contribution is 7.98. The van der Waals surface area contributed by atoms with Gasteiger partial charge in [-0.25, -0.2) is 13.2 Å². The Balaban J connectivity index is 3.66. The van der Waals surface area contributed by atoms with Crippen molar-refractivity contribution in [1.82, 2.24) is 0 Å². The van der Waals surface area contributed by atoms with Gasteiger partial charge in [-0.05, 0) is 20.1 Å². The fraction of sp³-hybridized carbons (Fsp3) is 0.300. The van der Waals surface area contributed by atoms with Gasteiger partial charge >= 0.3 is 0 Å². The Labute approximate surface area is 89.7 Å². The smallest absolute Gasteiger partial charge is 0.173 e. The van der Waals surface area contributed by atoms with Crippen molar-refractivity contribution in [2.24, 2.45) is 0 Å². The first-order valence-corrected chi connectivity index (χ1v) is 5.36. The molecule has 0 spiro atoms. The van der Waals surface area contributed by atoms with E-state index in [-0.39, 0.29) is 10.5 Å². The lowest BCUT2D eigenvalue weighted by atomic mass is 10.1. The minimum Gasteiger partial charge on any atom is -0.294 e. The molecule has 0 heterocycles. The Hall–Kier alpha value is -0.970. The van der Waals surface area contributed by atoms with Crippen molar-refractivity contribution >= 4 is 17.5 Å². The van der Waals surface area contributed by atoms with Crippen LogP contribution < -0.4 is 0 Å². The molecule has 0 aliphatic rings. The maximum Gasteiger partial charge on any atom is 0.173 e. The van der Waals surface area contributed by atoms with E-state index in [4.69, 9.17) is 0 Å². The second kappa shape index (κ2) is 4.26. The molecule has 0 amide bonds. The molecule has 0 N–H and O–H groups in total. The maximum absolute atomic E-state index is 13.5. The van der Waals surface area contributed by atoms with Crippen LogP contribution in [0.3, 0.4) is 0 Å². The maximum atomic E-state index is 13.5. The standard InChI is InChI=1S/C10H9F3OS/c1-4-7(11)6(5(2)14)8(12)9(13)10(4)15-3/h1-3H3. The molecule has 0 bridgehead atoms. The van der Waals surface area contributed by atoms with Crippen LogP contribution in [0.25, 0.3) is 0 Å². The number of thioether (sulfide) groups is 1. The zero-order chi connectivity index (χ0) is 11.7. The molecule has 1 nitrogen and oxygen atoms in total. The zero-order valence-electron chi connectivity index (χ0n) is 8.45. The highest BCUT2D eigenvalue weighted by atomic mass is 32.2. The Morgan fingerprint density at radius 2 is 1.67 bits per heavy atom. The summed E-state index contributed by atoms with van der Waals surface area (Å²) >= 11 is 0.904. The number of Topliss-reactive ketones (excluding diaryl/α,β-unsaturated/α-hetero) is 1. The summed E-state index contributed by atoms with van der Waals surface area (Å²) in [6, 6.07) is 0. The van der Waals surface area contributed by atoms with E-state index < -0.39 is 28.8 Å². The van der Waals surface area contributed by atoms with Gasteiger partial charge in [0.2, 0.25) is 0 Å². The van der Waals surface area contributed by atoms with Gasteiger partial charge in [0, 0.05) is 5.56 Å². The van der Waals surface area contributed by atoms with E-state index in [9.17, 15) is 18.0 Å². The van der Waals surface area contributed by atoms with E-state index in [1.807, 2.05) is 0 Å². The van der Waals surface area contributed by atoms with E-state index in [2.05, 4.69) is 0 Å². The van der Waals surface area contributed by atoms with E-state index in [0.717, 1.165) is 18.7 Å². The van der Waals surface area contributed by atoms with Gasteiger partial charge in [0.15, 0.2) is 17.4 Å². The fourth-order valence-corrected chi connectivity index (χ4v) is 1.97. The molecule has 1 aromatic rings. The zero-order valence-corrected chi connectivity index (χ0v) is 9.27. The lowest BCUT2D eigenvalue weighted by Crippen LogP contribution is -2.08. The third-order valence-corrected chi connectivity index (χ3v) is 2.95. The van der Waals surface area contributed by atoms with Crippen LogP contribution in [0.1, 0.15) is 22.8 Å². The summed E-state index contributed by atoms with van der Waals surface area (Å²) in [4.78, 5) is 10.8. The molecular formula is C10H9F3OS. The van der Waals surface area contributed by atoms with Crippen LogP contribution in [0, 0.1) is 24.4 Å². The monoisotopic (exact) mass is 234 g/mol. The summed E-state index contributed by atoms with van der Waals surface area (Å²) in [6.07, 6.45) is 1.51. The first kappa shape index (κ1) is 12.1. The number of carbonyl (C=O) groups excluding carboxylic acids is 1. The van der Waals surface area contributed by atoms with E-state index >= 15 is 0 Å². The molecule has 1 aromatic carbocycles. The average molecular weight is 234 g/mol. The van der Waals surface area contributed by atoms with Crippen LogP contribution >= 0.6 is 11.8 Å². The van der Waals surface area contributed by atoms with Gasteiger partial charge in [-0.3, -0.25) is 4.79 Å². The summed E-state index contributed by atoms with van der Waals surface area (Å²) < 4.78 is 40.1. The first-order valence-electron chi connectivity index (χ1n) is 4.13. The van der Waals surface area contributed by atoms with Gasteiger partial charge in [-0.1, -0.05) is 0 Å². The molecule has 0 saturated heterocycles. The molecule has 0 fully saturated rings. The molecule has 0 aliphatic heterocycles. The predicted molar refractivity (Wildman–Crippen MR) is 52.8 cm³/mol. The molecule has 15 heavy (non-hydrogen) atoms. The summed E-state index contributed by atoms with van der Waals surface area (Å²) in [5.41, 5.74) is -0.839. The molecule has 5 heteroatoms. The van der Waals surface area contributed by atoms with Crippen LogP contribution in [0.5, 0.6) is 0 Å². The van der Waals surface area contributed by atoms with Crippen LogP contribution in [0.15, 0.2) is 4.90 Å². The quantitative estimate of drug-likeness (QED) is 0.443. The van der Waals surface area contributed by atoms with Crippen LogP contribution in [-0.4, -0.2) is 12.0 Å². The Morgan fingerprint density at radius 3 is 2.07 bits per heavy atom. The average Bonchev–Trinajstić information content (AvgIpc) is 2.16. The van der Waals surface area contributed by atoms with Gasteiger partial charge in [-0.2, -0.15) is 0 Å². The molecule has 0 unspecified atom stereocenters. The lowest BCUT2D eigenvalue weighted by molar-refractivity contribution is 0.100. The van der Waals surface area contributed by atoms with Gasteiger partial charge in [0.25, 0.3) is 0 Å². The Bertz CT molecular complexity index is 400. The number of ketones is 1. The Morgan fingerprint density at radius 1 is 1.13 bits per heavy atom. The van der Waals surface area contributed by atoms with Gasteiger partial charge < -0.3 is 0 Å². The minimum absolute atomic E-state index is 0.0356. The number of halogens is 3. The second-order valence-corrected chi connectivity index (χ2v) is 3.85. The minimum atomic E-state index is -1.41. The van der Waals surface area contributed by atoms with Crippen molar-refractivity contribution in [3.05, 3.63) is 28.6 Å². The normalized spacial score (nSPS) is 10.5. The van der Waals surface area contributed by atoms with Gasteiger partial charge in [-0.15, -0.1) is 11.8 Å². The fourth-order valence-electron chi connectivity index (χ4n) is 1.31. The third kappa shape index (κ3) is 1.88. The molecule has 0 aliphatic carbocycles. The van der Waals surface area contributed by atoms with Crippen molar-refractivity contribution in [3.63, 3.8) is 0 Å². The van der Waals surface area contributed by atoms with Gasteiger partial charge in [0.05, 0.1) is 10.5 Å². The largest absolute Gasteiger partial charge is 0.294 e. The summed E-state index contributed by atoms with van der Waals surface area (Å²) in [6.45, 7) is 2.31. The number of benzene rings is 1. The molecule has 0 saturated carbocycles. The summed E-state index contributed by atoms with van der Waals surface area (Å²) in [5, 5.41) is 0. The predicted octanol–water partition coefficient (Wildman–Crippen LogP) is 3.34. The molecule has 0 aromatic heterocycles. The highest BCUT2D eigenvalue weighted by Crippen LogP contribution is 2.30. The van der Waals surface area contributed by atoms with Gasteiger partial charge in [0.1, 0.15) is 5.82 Å². The molecule has 0 atom stereocenters. The van der Waals surface area contributed by atoms with E-state index in [1.165, 1.54) is 13.2 Å². The molecule has 82 valence electrons. The second-order valence-electron chi connectivity index (χ2n) is 3.03. The molecule has 1 rings (SSSR count). The lowest BCUT2D eigenvalue weighted by Gasteiger charge is -2.10. The van der Waals surface area contributed by atoms with Crippen molar-refractivity contribution in [2.75, 3.05) is 6.26 Å². The van der Waals surface area contributed by atoms with Crippen molar-refractivity contribution in [2.45, 2.75) is 18.7 Å². The first-order chi connectivity index (χ1) is 6.91.